The fraction of sp³-hybridized carbons (Fsp3) is 0.944. The molecule has 0 aromatic rings. The summed E-state index contributed by atoms with van der Waals surface area (Å²) in [6.45, 7) is 3.30. The van der Waals surface area contributed by atoms with E-state index in [0.717, 1.165) is 26.2 Å². The van der Waals surface area contributed by atoms with E-state index < -0.39 is 21.5 Å². The molecular weight excluding hydrogens is 351 g/mol. The van der Waals surface area contributed by atoms with Gasteiger partial charge < -0.3 is 9.29 Å². The molecule has 25 heavy (non-hydrogen) atoms. The van der Waals surface area contributed by atoms with Crippen LogP contribution in [0.15, 0.2) is 0 Å². The van der Waals surface area contributed by atoms with E-state index in [9.17, 15) is 13.2 Å². The van der Waals surface area contributed by atoms with Crippen LogP contribution in [-0.2, 0) is 19.1 Å². The van der Waals surface area contributed by atoms with Crippen LogP contribution in [-0.4, -0.2) is 54.5 Å². The van der Waals surface area contributed by atoms with Crippen molar-refractivity contribution in [3.05, 3.63) is 0 Å². The second-order valence-electron chi connectivity index (χ2n) is 6.54. The van der Waals surface area contributed by atoms with Crippen molar-refractivity contribution in [1.82, 2.24) is 0 Å². The molecule has 0 fully saturated rings. The minimum atomic E-state index is -4.16. The third kappa shape index (κ3) is 17.5. The van der Waals surface area contributed by atoms with Gasteiger partial charge in [0.25, 0.3) is 0 Å². The van der Waals surface area contributed by atoms with Crippen molar-refractivity contribution in [2.45, 2.75) is 109 Å². The van der Waals surface area contributed by atoms with Gasteiger partial charge in [-0.15, -0.1) is 0 Å². The van der Waals surface area contributed by atoms with Crippen molar-refractivity contribution >= 4 is 45.6 Å². The summed E-state index contributed by atoms with van der Waals surface area (Å²) < 4.78 is 26.7. The first-order valence-corrected chi connectivity index (χ1v) is 11.0. The molecule has 0 aliphatic heterocycles. The Morgan fingerprint density at radius 3 is 1.56 bits per heavy atom. The summed E-state index contributed by atoms with van der Waals surface area (Å²) in [6, 6.07) is 0. The molecule has 0 heterocycles. The molecule has 5 nitrogen and oxygen atoms in total. The topological polar surface area (TPSA) is 80.7 Å². The number of aliphatic hydroxyl groups is 1. The molecule has 0 saturated heterocycles. The predicted octanol–water partition coefficient (Wildman–Crippen LogP) is 4.03. The van der Waals surface area contributed by atoms with Gasteiger partial charge in [0.15, 0.2) is 5.44 Å². The Morgan fingerprint density at radius 1 is 0.840 bits per heavy atom. The molecule has 1 atom stereocenters. The zero-order chi connectivity index (χ0) is 18.3. The van der Waals surface area contributed by atoms with E-state index in [4.69, 9.17) is 5.11 Å². The molecule has 0 spiro atoms. The van der Waals surface area contributed by atoms with Gasteiger partial charge >= 0.3 is 45.6 Å². The number of carbonyl (C=O) groups excluding carboxylic acids is 1. The molecule has 0 aromatic heterocycles. The molecule has 0 amide bonds. The SMILES string of the molecule is CCCCCCCCCCCCCCCC(=O)OS(=O)(=O)C(C)O.[NaH]. The van der Waals surface area contributed by atoms with Gasteiger partial charge in [-0.2, -0.15) is 8.42 Å². The quantitative estimate of drug-likeness (QED) is 0.245. The van der Waals surface area contributed by atoms with Crippen molar-refractivity contribution in [3.63, 3.8) is 0 Å². The van der Waals surface area contributed by atoms with Crippen LogP contribution in [0.3, 0.4) is 0 Å². The number of hydrogen-bond donors (Lipinski definition) is 1. The summed E-state index contributed by atoms with van der Waals surface area (Å²) >= 11 is 0. The molecule has 0 bridgehead atoms. The van der Waals surface area contributed by atoms with E-state index in [1.165, 1.54) is 57.8 Å². The Balaban J connectivity index is 0. The van der Waals surface area contributed by atoms with Crippen LogP contribution in [0.2, 0.25) is 0 Å². The number of aliphatic hydroxyl groups excluding tert-OH is 1. The Kier molecular flexibility index (Phi) is 19.6. The van der Waals surface area contributed by atoms with Gasteiger partial charge in [-0.1, -0.05) is 84.0 Å². The second-order valence-corrected chi connectivity index (χ2v) is 8.37. The summed E-state index contributed by atoms with van der Waals surface area (Å²) in [7, 11) is -4.16. The van der Waals surface area contributed by atoms with Crippen LogP contribution in [0.4, 0.5) is 0 Å². The monoisotopic (exact) mass is 388 g/mol. The van der Waals surface area contributed by atoms with Crippen LogP contribution in [0.5, 0.6) is 0 Å². The van der Waals surface area contributed by atoms with E-state index in [1.807, 2.05) is 0 Å². The first-order chi connectivity index (χ1) is 11.4. The zero-order valence-corrected chi connectivity index (χ0v) is 16.3. The van der Waals surface area contributed by atoms with Gasteiger partial charge in [-0.3, -0.25) is 4.79 Å². The fourth-order valence-corrected chi connectivity index (χ4v) is 3.01. The molecule has 146 valence electrons. The standard InChI is InChI=1S/C18H36O5S.Na.H/c1-3-4-5-6-7-8-9-10-11-12-13-14-15-16-18(20)23-24(21,22)17(2)19;;/h17,19H,3-16H2,1-2H3;;. The van der Waals surface area contributed by atoms with Crippen molar-refractivity contribution < 1.29 is 22.5 Å². The molecule has 0 aliphatic carbocycles. The molecular formula is C18H37NaO5S. The van der Waals surface area contributed by atoms with Gasteiger partial charge in [0.05, 0.1) is 0 Å². The van der Waals surface area contributed by atoms with E-state index in [2.05, 4.69) is 11.1 Å². The van der Waals surface area contributed by atoms with Crippen LogP contribution < -0.4 is 0 Å². The van der Waals surface area contributed by atoms with E-state index in [1.54, 1.807) is 0 Å². The number of rotatable bonds is 16. The zero-order valence-electron chi connectivity index (χ0n) is 15.5. The molecule has 0 aromatic carbocycles. The van der Waals surface area contributed by atoms with Crippen LogP contribution in [0.25, 0.3) is 0 Å². The van der Waals surface area contributed by atoms with Gasteiger partial charge in [0.2, 0.25) is 0 Å². The minimum absolute atomic E-state index is 0. The normalized spacial score (nSPS) is 12.4. The molecule has 0 saturated carbocycles. The van der Waals surface area contributed by atoms with Crippen LogP contribution in [0.1, 0.15) is 104 Å². The van der Waals surface area contributed by atoms with Gasteiger partial charge in [-0.25, -0.2) is 0 Å². The first kappa shape index (κ1) is 27.6. The predicted molar refractivity (Wildman–Crippen MR) is 104 cm³/mol. The Morgan fingerprint density at radius 2 is 1.20 bits per heavy atom. The number of unbranched alkanes of at least 4 members (excludes halogenated alkanes) is 12. The number of hydrogen-bond acceptors (Lipinski definition) is 5. The summed E-state index contributed by atoms with van der Waals surface area (Å²) in [5.74, 6) is -0.779. The van der Waals surface area contributed by atoms with E-state index in [0.29, 0.717) is 6.42 Å². The summed E-state index contributed by atoms with van der Waals surface area (Å²) in [4.78, 5) is 11.4. The average Bonchev–Trinajstić information content (AvgIpc) is 2.51. The second kappa shape index (κ2) is 17.8. The summed E-state index contributed by atoms with van der Waals surface area (Å²) in [6.07, 6.45) is 15.8. The Labute approximate surface area is 176 Å². The van der Waals surface area contributed by atoms with Gasteiger partial charge in [0, 0.05) is 6.42 Å². The summed E-state index contributed by atoms with van der Waals surface area (Å²) in [5, 5.41) is 8.95. The molecule has 0 aliphatic rings. The molecule has 1 N–H and O–H groups in total. The van der Waals surface area contributed by atoms with E-state index >= 15 is 0 Å². The van der Waals surface area contributed by atoms with Crippen molar-refractivity contribution in [2.75, 3.05) is 0 Å². The average molecular weight is 389 g/mol. The van der Waals surface area contributed by atoms with Crippen LogP contribution >= 0.6 is 0 Å². The Hall–Kier alpha value is 0.380. The van der Waals surface area contributed by atoms with E-state index in [-0.39, 0.29) is 36.0 Å². The molecule has 7 heteroatoms. The molecule has 0 rings (SSSR count). The van der Waals surface area contributed by atoms with Gasteiger partial charge in [-0.05, 0) is 13.3 Å². The van der Waals surface area contributed by atoms with Crippen molar-refractivity contribution in [2.24, 2.45) is 0 Å². The van der Waals surface area contributed by atoms with Gasteiger partial charge in [0.1, 0.15) is 0 Å². The van der Waals surface area contributed by atoms with Crippen molar-refractivity contribution in [3.8, 4) is 0 Å². The van der Waals surface area contributed by atoms with Crippen molar-refractivity contribution in [1.29, 1.82) is 0 Å². The fourth-order valence-electron chi connectivity index (χ4n) is 2.53. The number of carbonyl (C=O) groups is 1. The maximum atomic E-state index is 11.4. The maximum absolute atomic E-state index is 11.4. The van der Waals surface area contributed by atoms with Crippen LogP contribution in [0, 0.1) is 0 Å². The molecule has 1 unspecified atom stereocenters. The molecule has 0 radical (unpaired) electrons. The Bertz CT molecular complexity index is 410. The summed E-state index contributed by atoms with van der Waals surface area (Å²) in [5.41, 5.74) is -1.67. The first-order valence-electron chi connectivity index (χ1n) is 9.54. The third-order valence-corrected chi connectivity index (χ3v) is 5.37. The third-order valence-electron chi connectivity index (χ3n) is 4.11.